The Morgan fingerprint density at radius 1 is 1.22 bits per heavy atom. The number of carbonyl (C=O) groups excluding carboxylic acids is 1. The van der Waals surface area contributed by atoms with E-state index in [-0.39, 0.29) is 16.7 Å². The van der Waals surface area contributed by atoms with Gasteiger partial charge in [0, 0.05) is 11.9 Å². The lowest BCUT2D eigenvalue weighted by Gasteiger charge is -2.14. The molecule has 1 aliphatic carbocycles. The fourth-order valence-electron chi connectivity index (χ4n) is 3.58. The molecule has 0 amide bonds. The van der Waals surface area contributed by atoms with Crippen LogP contribution in [0.25, 0.3) is 22.2 Å². The lowest BCUT2D eigenvalue weighted by atomic mass is 10.0. The van der Waals surface area contributed by atoms with Crippen molar-refractivity contribution in [2.24, 2.45) is 0 Å². The predicted molar refractivity (Wildman–Crippen MR) is 99.9 cm³/mol. The summed E-state index contributed by atoms with van der Waals surface area (Å²) in [6.45, 7) is 1.11. The average Bonchev–Trinajstić information content (AvgIpc) is 2.96. The third kappa shape index (κ3) is 2.62. The molecule has 1 aromatic carbocycles. The normalized spacial score (nSPS) is 12.3. The monoisotopic (exact) mass is 367 g/mol. The first kappa shape index (κ1) is 17.4. The fourth-order valence-corrected chi connectivity index (χ4v) is 3.58. The van der Waals surface area contributed by atoms with E-state index in [4.69, 9.17) is 4.74 Å². The number of ether oxygens (including phenoxy) is 1. The standard InChI is InChI=1S/C20H18FN3O3/c1-22-6-3-7-24-18-16(13-5-4-11(21)8-14(13)20(24)26)19(25)15-9-12(27-2)10-23-17(15)18/h4-5,8-10,22H,3,6-7H2,1-2H3. The van der Waals surface area contributed by atoms with E-state index >= 15 is 0 Å². The van der Waals surface area contributed by atoms with Crippen molar-refractivity contribution in [1.29, 1.82) is 0 Å². The molecule has 138 valence electrons. The van der Waals surface area contributed by atoms with E-state index in [1.54, 1.807) is 6.07 Å². The first-order valence-corrected chi connectivity index (χ1v) is 8.66. The van der Waals surface area contributed by atoms with Gasteiger partial charge in [-0.2, -0.15) is 0 Å². The molecule has 0 saturated heterocycles. The van der Waals surface area contributed by atoms with Crippen LogP contribution in [0.5, 0.6) is 5.75 Å². The van der Waals surface area contributed by atoms with E-state index in [0.29, 0.717) is 53.2 Å². The van der Waals surface area contributed by atoms with E-state index in [1.165, 1.54) is 36.1 Å². The average molecular weight is 367 g/mol. The van der Waals surface area contributed by atoms with Gasteiger partial charge < -0.3 is 14.6 Å². The third-order valence-electron chi connectivity index (χ3n) is 4.84. The summed E-state index contributed by atoms with van der Waals surface area (Å²) >= 11 is 0. The molecular weight excluding hydrogens is 349 g/mol. The van der Waals surface area contributed by atoms with Crippen molar-refractivity contribution >= 4 is 16.6 Å². The Balaban J connectivity index is 2.06. The minimum Gasteiger partial charge on any atom is -0.495 e. The zero-order valence-electron chi connectivity index (χ0n) is 15.0. The highest BCUT2D eigenvalue weighted by Gasteiger charge is 2.34. The number of ketones is 1. The van der Waals surface area contributed by atoms with Gasteiger partial charge in [0.2, 0.25) is 0 Å². The number of carbonyl (C=O) groups is 1. The van der Waals surface area contributed by atoms with Gasteiger partial charge in [-0.05, 0) is 38.2 Å². The summed E-state index contributed by atoms with van der Waals surface area (Å²) in [5, 5.41) is 3.69. The van der Waals surface area contributed by atoms with Crippen molar-refractivity contribution < 1.29 is 13.9 Å². The molecule has 7 heteroatoms. The van der Waals surface area contributed by atoms with Crippen LogP contribution in [0.15, 0.2) is 35.3 Å². The van der Waals surface area contributed by atoms with Crippen LogP contribution in [-0.2, 0) is 6.54 Å². The zero-order chi connectivity index (χ0) is 19.1. The number of halogens is 1. The van der Waals surface area contributed by atoms with Gasteiger partial charge in [0.05, 0.1) is 41.2 Å². The number of aromatic nitrogens is 2. The topological polar surface area (TPSA) is 73.2 Å². The maximum atomic E-state index is 13.8. The molecule has 1 aliphatic rings. The molecule has 2 aromatic heterocycles. The first-order valence-electron chi connectivity index (χ1n) is 8.66. The lowest BCUT2D eigenvalue weighted by molar-refractivity contribution is 0.104. The van der Waals surface area contributed by atoms with Crippen LogP contribution in [0, 0.1) is 5.82 Å². The second kappa shape index (κ2) is 6.59. The molecule has 0 atom stereocenters. The molecule has 0 bridgehead atoms. The second-order valence-electron chi connectivity index (χ2n) is 6.43. The molecule has 0 fully saturated rings. The van der Waals surface area contributed by atoms with Gasteiger partial charge in [-0.25, -0.2) is 4.39 Å². The molecule has 0 aliphatic heterocycles. The Morgan fingerprint density at radius 2 is 2.04 bits per heavy atom. The SMILES string of the molecule is CNCCCn1c2c(c3ccc(F)cc3c1=O)C(=O)c1cc(OC)cnc1-2. The van der Waals surface area contributed by atoms with Crippen LogP contribution in [-0.4, -0.2) is 36.0 Å². The fraction of sp³-hybridized carbons (Fsp3) is 0.250. The molecule has 1 N–H and O–H groups in total. The quantitative estimate of drug-likeness (QED) is 0.548. The first-order chi connectivity index (χ1) is 13.1. The maximum Gasteiger partial charge on any atom is 0.259 e. The summed E-state index contributed by atoms with van der Waals surface area (Å²) in [5.41, 5.74) is 1.42. The molecule has 0 spiro atoms. The van der Waals surface area contributed by atoms with Gasteiger partial charge in [0.1, 0.15) is 11.6 Å². The minimum absolute atomic E-state index is 0.200. The van der Waals surface area contributed by atoms with Gasteiger partial charge in [-0.3, -0.25) is 14.6 Å². The van der Waals surface area contributed by atoms with Crippen LogP contribution in [0.4, 0.5) is 4.39 Å². The molecule has 0 radical (unpaired) electrons. The number of rotatable bonds is 5. The molecule has 3 aromatic rings. The van der Waals surface area contributed by atoms with E-state index in [1.807, 2.05) is 7.05 Å². The Morgan fingerprint density at radius 3 is 2.78 bits per heavy atom. The highest BCUT2D eigenvalue weighted by Crippen LogP contribution is 2.39. The Kier molecular flexibility index (Phi) is 4.24. The number of hydrogen-bond donors (Lipinski definition) is 1. The van der Waals surface area contributed by atoms with Crippen LogP contribution in [0.1, 0.15) is 22.3 Å². The van der Waals surface area contributed by atoms with E-state index in [0.717, 1.165) is 0 Å². The summed E-state index contributed by atoms with van der Waals surface area (Å²) < 4.78 is 20.5. The summed E-state index contributed by atoms with van der Waals surface area (Å²) in [6.07, 6.45) is 2.21. The van der Waals surface area contributed by atoms with E-state index < -0.39 is 5.82 Å². The van der Waals surface area contributed by atoms with Crippen LogP contribution in [0.3, 0.4) is 0 Å². The van der Waals surface area contributed by atoms with Crippen molar-refractivity contribution in [2.45, 2.75) is 13.0 Å². The molecule has 0 saturated carbocycles. The number of hydrogen-bond acceptors (Lipinski definition) is 5. The van der Waals surface area contributed by atoms with E-state index in [2.05, 4.69) is 10.3 Å². The zero-order valence-corrected chi connectivity index (χ0v) is 15.0. The second-order valence-corrected chi connectivity index (χ2v) is 6.43. The highest BCUT2D eigenvalue weighted by molar-refractivity contribution is 6.26. The van der Waals surface area contributed by atoms with Gasteiger partial charge in [0.25, 0.3) is 5.56 Å². The van der Waals surface area contributed by atoms with Gasteiger partial charge >= 0.3 is 0 Å². The van der Waals surface area contributed by atoms with Crippen molar-refractivity contribution in [3.8, 4) is 17.1 Å². The van der Waals surface area contributed by atoms with Crippen molar-refractivity contribution in [1.82, 2.24) is 14.9 Å². The Labute approximate surface area is 154 Å². The Hall–Kier alpha value is -3.06. The summed E-state index contributed by atoms with van der Waals surface area (Å²) in [6, 6.07) is 5.57. The molecule has 27 heavy (non-hydrogen) atoms. The Bertz CT molecular complexity index is 1140. The van der Waals surface area contributed by atoms with Crippen LogP contribution in [0.2, 0.25) is 0 Å². The summed E-state index contributed by atoms with van der Waals surface area (Å²) in [4.78, 5) is 30.6. The molecule has 4 rings (SSSR count). The van der Waals surface area contributed by atoms with Gasteiger partial charge in [-0.1, -0.05) is 6.07 Å². The molecule has 6 nitrogen and oxygen atoms in total. The number of nitrogens with one attached hydrogen (secondary N) is 1. The van der Waals surface area contributed by atoms with Gasteiger partial charge in [0.15, 0.2) is 5.78 Å². The van der Waals surface area contributed by atoms with Crippen LogP contribution < -0.4 is 15.6 Å². The maximum absolute atomic E-state index is 13.8. The van der Waals surface area contributed by atoms with Crippen molar-refractivity contribution in [3.05, 3.63) is 57.8 Å². The number of benzene rings is 1. The number of nitrogens with zero attached hydrogens (tertiary/aromatic N) is 2. The van der Waals surface area contributed by atoms with Crippen LogP contribution >= 0.6 is 0 Å². The predicted octanol–water partition coefficient (Wildman–Crippen LogP) is 2.37. The largest absolute Gasteiger partial charge is 0.495 e. The van der Waals surface area contributed by atoms with Gasteiger partial charge in [-0.15, -0.1) is 0 Å². The smallest absolute Gasteiger partial charge is 0.259 e. The molecule has 0 unspecified atom stereocenters. The highest BCUT2D eigenvalue weighted by atomic mass is 19.1. The number of pyridine rings is 2. The van der Waals surface area contributed by atoms with E-state index in [9.17, 15) is 14.0 Å². The molecule has 2 heterocycles. The van der Waals surface area contributed by atoms with Crippen molar-refractivity contribution in [3.63, 3.8) is 0 Å². The molecular formula is C20H18FN3O3. The number of methoxy groups -OCH3 is 1. The minimum atomic E-state index is -0.510. The summed E-state index contributed by atoms with van der Waals surface area (Å²) in [5.74, 6) is -0.274. The van der Waals surface area contributed by atoms with Crippen molar-refractivity contribution in [2.75, 3.05) is 20.7 Å². The number of fused-ring (bicyclic) bond motifs is 5. The lowest BCUT2D eigenvalue weighted by Crippen LogP contribution is -2.25. The summed E-state index contributed by atoms with van der Waals surface area (Å²) in [7, 11) is 3.33. The third-order valence-corrected chi connectivity index (χ3v) is 4.84.